The largest absolute Gasteiger partial charge is 0.483 e. The normalized spacial score (nSPS) is 11.4. The van der Waals surface area contributed by atoms with Crippen LogP contribution in [-0.4, -0.2) is 12.7 Å². The van der Waals surface area contributed by atoms with Gasteiger partial charge in [0, 0.05) is 0 Å². The van der Waals surface area contributed by atoms with E-state index in [1.54, 1.807) is 24.3 Å². The Bertz CT molecular complexity index is 933. The van der Waals surface area contributed by atoms with Crippen molar-refractivity contribution in [3.63, 3.8) is 0 Å². The molecule has 3 rings (SSSR count). The molecule has 170 valence electrons. The smallest absolute Gasteiger partial charge is 0.432 e. The molecule has 0 heterocycles. The second-order valence-electron chi connectivity index (χ2n) is 8.10. The van der Waals surface area contributed by atoms with E-state index in [0.717, 1.165) is 48.8 Å². The molecular formula is C28H32F2O2. The molecule has 0 aromatic heterocycles. The van der Waals surface area contributed by atoms with Crippen LogP contribution in [0.4, 0.5) is 8.78 Å². The van der Waals surface area contributed by atoms with Crippen LogP contribution in [0.1, 0.15) is 50.7 Å². The number of rotatable bonds is 12. The van der Waals surface area contributed by atoms with Crippen LogP contribution in [0.15, 0.2) is 72.8 Å². The maximum absolute atomic E-state index is 14.2. The summed E-state index contributed by atoms with van der Waals surface area (Å²) in [7, 11) is 0. The van der Waals surface area contributed by atoms with Crippen LogP contribution in [0.2, 0.25) is 0 Å². The monoisotopic (exact) mass is 438 g/mol. The van der Waals surface area contributed by atoms with Gasteiger partial charge in [-0.3, -0.25) is 0 Å². The quantitative estimate of drug-likeness (QED) is 0.266. The molecule has 0 radical (unpaired) electrons. The molecule has 32 heavy (non-hydrogen) atoms. The van der Waals surface area contributed by atoms with Crippen LogP contribution in [-0.2, 0) is 12.8 Å². The molecule has 0 saturated carbocycles. The van der Waals surface area contributed by atoms with Gasteiger partial charge in [0.2, 0.25) is 0 Å². The van der Waals surface area contributed by atoms with Crippen LogP contribution in [0.25, 0.3) is 11.1 Å². The summed E-state index contributed by atoms with van der Waals surface area (Å²) in [5, 5.41) is 0. The molecule has 0 N–H and O–H groups in total. The first-order valence-electron chi connectivity index (χ1n) is 11.5. The molecular weight excluding hydrogens is 406 g/mol. The highest BCUT2D eigenvalue weighted by Crippen LogP contribution is 2.26. The first kappa shape index (κ1) is 23.8. The van der Waals surface area contributed by atoms with Gasteiger partial charge in [-0.15, -0.1) is 0 Å². The lowest BCUT2D eigenvalue weighted by Crippen LogP contribution is -2.32. The Hall–Kier alpha value is -2.88. The summed E-state index contributed by atoms with van der Waals surface area (Å²) in [6, 6.07) is 22.4. The highest BCUT2D eigenvalue weighted by atomic mass is 19.3. The zero-order chi connectivity index (χ0) is 22.8. The van der Waals surface area contributed by atoms with E-state index >= 15 is 0 Å². The standard InChI is InChI=1S/C28H32F2O2/c1-3-5-6-8-23-11-17-27(18-12-23)32-28(29,30)21-31-26-19-15-25(16-20-26)24-13-9-22(7-4-2)10-14-24/h9-20H,3-8,21H2,1-2H3. The lowest BCUT2D eigenvalue weighted by molar-refractivity contribution is -0.195. The molecule has 0 aliphatic heterocycles. The van der Waals surface area contributed by atoms with Crippen molar-refractivity contribution in [3.8, 4) is 22.6 Å². The fourth-order valence-corrected chi connectivity index (χ4v) is 3.57. The van der Waals surface area contributed by atoms with Crippen molar-refractivity contribution in [2.75, 3.05) is 6.61 Å². The number of benzene rings is 3. The van der Waals surface area contributed by atoms with Gasteiger partial charge in [-0.1, -0.05) is 81.6 Å². The SMILES string of the molecule is CCCCCc1ccc(OC(F)(F)COc2ccc(-c3ccc(CCC)cc3)cc2)cc1. The van der Waals surface area contributed by atoms with Crippen molar-refractivity contribution in [2.45, 2.75) is 58.5 Å². The highest BCUT2D eigenvalue weighted by molar-refractivity contribution is 5.64. The lowest BCUT2D eigenvalue weighted by atomic mass is 10.0. The lowest BCUT2D eigenvalue weighted by Gasteiger charge is -2.19. The van der Waals surface area contributed by atoms with Crippen molar-refractivity contribution in [3.05, 3.63) is 83.9 Å². The van der Waals surface area contributed by atoms with E-state index in [1.807, 2.05) is 24.3 Å². The molecule has 3 aromatic rings. The van der Waals surface area contributed by atoms with Gasteiger partial charge in [0.05, 0.1) is 0 Å². The van der Waals surface area contributed by atoms with Crippen LogP contribution in [0.5, 0.6) is 11.5 Å². The van der Waals surface area contributed by atoms with Crippen molar-refractivity contribution >= 4 is 0 Å². The molecule has 0 bridgehead atoms. The number of unbranched alkanes of at least 4 members (excludes halogenated alkanes) is 2. The van der Waals surface area contributed by atoms with Gasteiger partial charge in [0.15, 0.2) is 6.61 Å². The van der Waals surface area contributed by atoms with Crippen LogP contribution < -0.4 is 9.47 Å². The predicted octanol–water partition coefficient (Wildman–Crippen LogP) is 8.09. The second kappa shape index (κ2) is 11.7. The number of hydrogen-bond acceptors (Lipinski definition) is 2. The average Bonchev–Trinajstić information content (AvgIpc) is 2.80. The van der Waals surface area contributed by atoms with Crippen LogP contribution in [0, 0.1) is 0 Å². The molecule has 0 aliphatic carbocycles. The van der Waals surface area contributed by atoms with Crippen LogP contribution in [0.3, 0.4) is 0 Å². The Balaban J connectivity index is 1.51. The Morgan fingerprint density at radius 3 is 1.75 bits per heavy atom. The molecule has 0 aliphatic rings. The van der Waals surface area contributed by atoms with E-state index in [-0.39, 0.29) is 5.75 Å². The molecule has 2 nitrogen and oxygen atoms in total. The van der Waals surface area contributed by atoms with Crippen molar-refractivity contribution in [1.29, 1.82) is 0 Å². The maximum atomic E-state index is 14.2. The summed E-state index contributed by atoms with van der Waals surface area (Å²) in [4.78, 5) is 0. The van der Waals surface area contributed by atoms with E-state index < -0.39 is 12.7 Å². The molecule has 0 saturated heterocycles. The summed E-state index contributed by atoms with van der Waals surface area (Å²) >= 11 is 0. The summed E-state index contributed by atoms with van der Waals surface area (Å²) in [6.07, 6.45) is 3.13. The fourth-order valence-electron chi connectivity index (χ4n) is 3.57. The second-order valence-corrected chi connectivity index (χ2v) is 8.10. The zero-order valence-electron chi connectivity index (χ0n) is 19.0. The Kier molecular flexibility index (Phi) is 8.66. The first-order valence-corrected chi connectivity index (χ1v) is 11.5. The number of ether oxygens (including phenoxy) is 2. The van der Waals surface area contributed by atoms with Gasteiger partial charge in [0.1, 0.15) is 11.5 Å². The predicted molar refractivity (Wildman–Crippen MR) is 127 cm³/mol. The Labute approximate surface area is 190 Å². The molecule has 0 atom stereocenters. The molecule has 0 amide bonds. The van der Waals surface area contributed by atoms with E-state index in [1.165, 1.54) is 12.0 Å². The van der Waals surface area contributed by atoms with E-state index in [0.29, 0.717) is 5.75 Å². The number of halogens is 2. The van der Waals surface area contributed by atoms with Crippen molar-refractivity contribution in [1.82, 2.24) is 0 Å². The van der Waals surface area contributed by atoms with E-state index in [2.05, 4.69) is 38.1 Å². The molecule has 0 unspecified atom stereocenters. The van der Waals surface area contributed by atoms with Gasteiger partial charge >= 0.3 is 6.11 Å². The molecule has 3 aromatic carbocycles. The summed E-state index contributed by atoms with van der Waals surface area (Å²) in [6.45, 7) is 3.46. The topological polar surface area (TPSA) is 18.5 Å². The summed E-state index contributed by atoms with van der Waals surface area (Å²) in [5.74, 6) is 0.519. The summed E-state index contributed by atoms with van der Waals surface area (Å²) < 4.78 is 38.7. The minimum absolute atomic E-state index is 0.139. The van der Waals surface area contributed by atoms with E-state index in [4.69, 9.17) is 9.47 Å². The van der Waals surface area contributed by atoms with Gasteiger partial charge in [-0.05, 0) is 65.8 Å². The van der Waals surface area contributed by atoms with E-state index in [9.17, 15) is 8.78 Å². The average molecular weight is 439 g/mol. The molecule has 0 spiro atoms. The van der Waals surface area contributed by atoms with Crippen molar-refractivity contribution < 1.29 is 18.3 Å². The van der Waals surface area contributed by atoms with Gasteiger partial charge in [0.25, 0.3) is 0 Å². The van der Waals surface area contributed by atoms with Gasteiger partial charge < -0.3 is 9.47 Å². The van der Waals surface area contributed by atoms with Gasteiger partial charge in [-0.25, -0.2) is 0 Å². The van der Waals surface area contributed by atoms with Crippen molar-refractivity contribution in [2.24, 2.45) is 0 Å². The number of aryl methyl sites for hydroxylation is 2. The third-order valence-electron chi connectivity index (χ3n) is 5.35. The fraction of sp³-hybridized carbons (Fsp3) is 0.357. The Morgan fingerprint density at radius 1 is 0.625 bits per heavy atom. The highest BCUT2D eigenvalue weighted by Gasteiger charge is 2.33. The molecule has 0 fully saturated rings. The third-order valence-corrected chi connectivity index (χ3v) is 5.35. The summed E-state index contributed by atoms with van der Waals surface area (Å²) in [5.41, 5.74) is 4.54. The third kappa shape index (κ3) is 7.37. The number of alkyl halides is 2. The van der Waals surface area contributed by atoms with Crippen LogP contribution >= 0.6 is 0 Å². The minimum atomic E-state index is -3.42. The zero-order valence-corrected chi connectivity index (χ0v) is 19.0. The molecule has 4 heteroatoms. The Morgan fingerprint density at radius 2 is 1.16 bits per heavy atom. The number of hydrogen-bond donors (Lipinski definition) is 0. The van der Waals surface area contributed by atoms with Gasteiger partial charge in [-0.2, -0.15) is 8.78 Å². The minimum Gasteiger partial charge on any atom is -0.483 e. The maximum Gasteiger partial charge on any atom is 0.432 e. The first-order chi connectivity index (χ1) is 15.5.